The zero-order valence-corrected chi connectivity index (χ0v) is 18.1. The first-order valence-electron chi connectivity index (χ1n) is 9.44. The molecule has 1 aromatic heterocycles. The van der Waals surface area contributed by atoms with E-state index in [2.05, 4.69) is 10.5 Å². The molecule has 1 N–H and O–H groups in total. The fraction of sp³-hybridized carbons (Fsp3) is 0.444. The lowest BCUT2D eigenvalue weighted by Gasteiger charge is -2.36. The van der Waals surface area contributed by atoms with Crippen molar-refractivity contribution < 1.29 is 27.4 Å². The van der Waals surface area contributed by atoms with Crippen LogP contribution >= 0.6 is 0 Å². The molecule has 0 bridgehead atoms. The topological polar surface area (TPSA) is 148 Å². The van der Waals surface area contributed by atoms with Gasteiger partial charge in [-0.05, 0) is 26.0 Å². The van der Waals surface area contributed by atoms with Gasteiger partial charge in [-0.25, -0.2) is 8.42 Å². The van der Waals surface area contributed by atoms with Crippen molar-refractivity contribution in [3.05, 3.63) is 40.1 Å². The van der Waals surface area contributed by atoms with Crippen LogP contribution in [-0.2, 0) is 14.8 Å². The highest BCUT2D eigenvalue weighted by atomic mass is 32.2. The molecule has 0 saturated carbocycles. The second kappa shape index (κ2) is 8.99. The predicted molar refractivity (Wildman–Crippen MR) is 109 cm³/mol. The first-order chi connectivity index (χ1) is 14.6. The lowest BCUT2D eigenvalue weighted by atomic mass is 10.2. The third-order valence-corrected chi connectivity index (χ3v) is 6.95. The highest BCUT2D eigenvalue weighted by Gasteiger charge is 2.33. The minimum Gasteiger partial charge on any atom is -0.490 e. The SMILES string of the molecule is COc1ccc(S(=O)(=O)N2CCN(C(C)C(=O)Nc3cc(C)no3)CC2)cc1[N+](=O)[O-]. The summed E-state index contributed by atoms with van der Waals surface area (Å²) in [7, 11) is -2.66. The summed E-state index contributed by atoms with van der Waals surface area (Å²) in [5.41, 5.74) is 0.218. The van der Waals surface area contributed by atoms with Gasteiger partial charge in [0, 0.05) is 38.3 Å². The van der Waals surface area contributed by atoms with Crippen LogP contribution in [0.3, 0.4) is 0 Å². The summed E-state index contributed by atoms with van der Waals surface area (Å²) in [4.78, 5) is 24.6. The van der Waals surface area contributed by atoms with Crippen LogP contribution in [0.25, 0.3) is 0 Å². The number of sulfonamides is 1. The van der Waals surface area contributed by atoms with Gasteiger partial charge in [0.1, 0.15) is 0 Å². The molecular formula is C18H23N5O7S. The fourth-order valence-corrected chi connectivity index (χ4v) is 4.71. The van der Waals surface area contributed by atoms with E-state index in [1.165, 1.54) is 23.5 Å². The van der Waals surface area contributed by atoms with E-state index < -0.39 is 26.7 Å². The number of anilines is 1. The first-order valence-corrected chi connectivity index (χ1v) is 10.9. The molecule has 1 fully saturated rings. The second-order valence-corrected chi connectivity index (χ2v) is 8.97. The van der Waals surface area contributed by atoms with E-state index in [0.29, 0.717) is 18.8 Å². The van der Waals surface area contributed by atoms with Crippen molar-refractivity contribution in [2.75, 3.05) is 38.6 Å². The maximum absolute atomic E-state index is 13.0. The van der Waals surface area contributed by atoms with Gasteiger partial charge >= 0.3 is 5.69 Å². The Balaban J connectivity index is 1.66. The number of nitro groups is 1. The maximum atomic E-state index is 13.0. The van der Waals surface area contributed by atoms with Crippen molar-refractivity contribution in [3.63, 3.8) is 0 Å². The van der Waals surface area contributed by atoms with Crippen molar-refractivity contribution in [3.8, 4) is 5.75 Å². The van der Waals surface area contributed by atoms with E-state index in [1.54, 1.807) is 19.9 Å². The van der Waals surface area contributed by atoms with Crippen LogP contribution in [0.5, 0.6) is 5.75 Å². The Labute approximate surface area is 178 Å². The van der Waals surface area contributed by atoms with Crippen LogP contribution in [0.2, 0.25) is 0 Å². The van der Waals surface area contributed by atoms with Crippen molar-refractivity contribution >= 4 is 27.5 Å². The Kier molecular flexibility index (Phi) is 6.57. The average molecular weight is 453 g/mol. The number of nitro benzene ring substituents is 1. The number of hydrogen-bond donors (Lipinski definition) is 1. The number of carbonyl (C=O) groups excluding carboxylic acids is 1. The number of carbonyl (C=O) groups is 1. The van der Waals surface area contributed by atoms with Gasteiger partial charge in [-0.15, -0.1) is 0 Å². The van der Waals surface area contributed by atoms with Crippen LogP contribution in [0.1, 0.15) is 12.6 Å². The van der Waals surface area contributed by atoms with E-state index in [0.717, 1.165) is 6.07 Å². The third kappa shape index (κ3) is 4.84. The Morgan fingerprint density at radius 3 is 2.52 bits per heavy atom. The fourth-order valence-electron chi connectivity index (χ4n) is 3.27. The van der Waals surface area contributed by atoms with Crippen LogP contribution < -0.4 is 10.1 Å². The highest BCUT2D eigenvalue weighted by Crippen LogP contribution is 2.31. The summed E-state index contributed by atoms with van der Waals surface area (Å²) in [5.74, 6) is -0.0644. The number of ether oxygens (including phenoxy) is 1. The average Bonchev–Trinajstić information content (AvgIpc) is 3.17. The van der Waals surface area contributed by atoms with Gasteiger partial charge in [0.2, 0.25) is 21.8 Å². The molecule has 168 valence electrons. The Morgan fingerprint density at radius 2 is 1.97 bits per heavy atom. The summed E-state index contributed by atoms with van der Waals surface area (Å²) in [6.45, 7) is 4.38. The van der Waals surface area contributed by atoms with Crippen molar-refractivity contribution in [2.45, 2.75) is 24.8 Å². The van der Waals surface area contributed by atoms with Gasteiger partial charge in [-0.3, -0.25) is 25.1 Å². The largest absolute Gasteiger partial charge is 0.490 e. The lowest BCUT2D eigenvalue weighted by Crippen LogP contribution is -2.53. The summed E-state index contributed by atoms with van der Waals surface area (Å²) in [6, 6.07) is 4.62. The van der Waals surface area contributed by atoms with Gasteiger partial charge in [-0.1, -0.05) is 5.16 Å². The molecule has 1 amide bonds. The van der Waals surface area contributed by atoms with Crippen LogP contribution in [0, 0.1) is 17.0 Å². The zero-order valence-electron chi connectivity index (χ0n) is 17.3. The minimum atomic E-state index is -3.94. The molecule has 2 aromatic rings. The van der Waals surface area contributed by atoms with Gasteiger partial charge in [0.15, 0.2) is 5.75 Å². The van der Waals surface area contributed by atoms with Gasteiger partial charge in [0.25, 0.3) is 0 Å². The molecule has 13 heteroatoms. The molecule has 2 heterocycles. The molecule has 12 nitrogen and oxygen atoms in total. The second-order valence-electron chi connectivity index (χ2n) is 7.03. The third-order valence-electron chi connectivity index (χ3n) is 5.06. The number of nitrogens with one attached hydrogen (secondary N) is 1. The van der Waals surface area contributed by atoms with Gasteiger partial charge in [-0.2, -0.15) is 4.31 Å². The lowest BCUT2D eigenvalue weighted by molar-refractivity contribution is -0.386. The van der Waals surface area contributed by atoms with Crippen molar-refractivity contribution in [1.29, 1.82) is 0 Å². The summed E-state index contributed by atoms with van der Waals surface area (Å²) in [6.07, 6.45) is 0. The van der Waals surface area contributed by atoms with Crippen LogP contribution in [0.15, 0.2) is 33.7 Å². The highest BCUT2D eigenvalue weighted by molar-refractivity contribution is 7.89. The summed E-state index contributed by atoms with van der Waals surface area (Å²) in [5, 5.41) is 17.6. The van der Waals surface area contributed by atoms with Crippen molar-refractivity contribution in [1.82, 2.24) is 14.4 Å². The number of piperazine rings is 1. The van der Waals surface area contributed by atoms with Gasteiger partial charge in [0.05, 0.1) is 28.7 Å². The van der Waals surface area contributed by atoms with E-state index in [9.17, 15) is 23.3 Å². The number of amides is 1. The molecule has 0 aliphatic carbocycles. The van der Waals surface area contributed by atoms with Gasteiger partial charge < -0.3 is 9.26 Å². The standard InChI is InChI=1S/C18H23N5O7S/c1-12-10-17(30-20-12)19-18(24)13(2)21-6-8-22(9-7-21)31(27,28)14-4-5-16(29-3)15(11-14)23(25)26/h4-5,10-11,13H,6-9H2,1-3H3,(H,19,24). The molecule has 1 unspecified atom stereocenters. The normalized spacial score (nSPS) is 16.6. The molecule has 1 atom stereocenters. The Hall–Kier alpha value is -3.03. The molecule has 1 aromatic carbocycles. The Morgan fingerprint density at radius 1 is 1.29 bits per heavy atom. The molecule has 3 rings (SSSR count). The van der Waals surface area contributed by atoms with E-state index in [1.807, 2.05) is 4.90 Å². The van der Waals surface area contributed by atoms with Crippen LogP contribution in [0.4, 0.5) is 11.6 Å². The molecule has 1 aliphatic heterocycles. The quantitative estimate of drug-likeness (QED) is 0.482. The number of benzene rings is 1. The van der Waals surface area contributed by atoms with E-state index >= 15 is 0 Å². The van der Waals surface area contributed by atoms with Crippen LogP contribution in [-0.4, -0.2) is 72.9 Å². The number of methoxy groups -OCH3 is 1. The monoisotopic (exact) mass is 453 g/mol. The zero-order chi connectivity index (χ0) is 22.8. The molecule has 1 saturated heterocycles. The van der Waals surface area contributed by atoms with E-state index in [-0.39, 0.29) is 35.5 Å². The number of hydrogen-bond acceptors (Lipinski definition) is 9. The number of rotatable bonds is 7. The van der Waals surface area contributed by atoms with Crippen molar-refractivity contribution in [2.24, 2.45) is 0 Å². The smallest absolute Gasteiger partial charge is 0.312 e. The maximum Gasteiger partial charge on any atom is 0.312 e. The number of aryl methyl sites for hydroxylation is 1. The molecule has 0 radical (unpaired) electrons. The molecule has 31 heavy (non-hydrogen) atoms. The van der Waals surface area contributed by atoms with E-state index in [4.69, 9.17) is 9.26 Å². The predicted octanol–water partition coefficient (Wildman–Crippen LogP) is 1.23. The number of aromatic nitrogens is 1. The number of nitrogens with zero attached hydrogens (tertiary/aromatic N) is 4. The minimum absolute atomic E-state index is 0.0180. The molecular weight excluding hydrogens is 430 g/mol. The molecule has 1 aliphatic rings. The summed E-state index contributed by atoms with van der Waals surface area (Å²) >= 11 is 0. The molecule has 0 spiro atoms. The Bertz CT molecular complexity index is 1080. The summed E-state index contributed by atoms with van der Waals surface area (Å²) < 4.78 is 37.1. The first kappa shape index (κ1) is 22.7.